The molecule has 0 atom stereocenters. The Bertz CT molecular complexity index is 685. The van der Waals surface area contributed by atoms with Gasteiger partial charge in [-0.2, -0.15) is 0 Å². The van der Waals surface area contributed by atoms with E-state index in [1.807, 2.05) is 13.8 Å². The molecule has 0 aromatic rings. The molecule has 0 aromatic heterocycles. The number of imide groups is 2. The molecule has 2 aliphatic heterocycles. The van der Waals surface area contributed by atoms with Gasteiger partial charge in [0.25, 0.3) is 23.6 Å². The van der Waals surface area contributed by atoms with Crippen LogP contribution in [0.5, 0.6) is 0 Å². The first-order valence-corrected chi connectivity index (χ1v) is 9.97. The van der Waals surface area contributed by atoms with Crippen molar-refractivity contribution in [3.05, 3.63) is 0 Å². The molecule has 0 spiro atoms. The van der Waals surface area contributed by atoms with Crippen LogP contribution in [0, 0.1) is 5.41 Å². The third-order valence-electron chi connectivity index (χ3n) is 3.35. The lowest BCUT2D eigenvalue weighted by atomic mass is 9.98. The average molecular weight is 444 g/mol. The van der Waals surface area contributed by atoms with Crippen molar-refractivity contribution in [1.82, 2.24) is 10.1 Å². The molecule has 0 unspecified atom stereocenters. The lowest BCUT2D eigenvalue weighted by Gasteiger charge is -2.20. The quantitative estimate of drug-likeness (QED) is 0.465. The van der Waals surface area contributed by atoms with Gasteiger partial charge in [-0.05, 0) is 41.5 Å². The Balaban J connectivity index is 0.000000539. The fourth-order valence-electron chi connectivity index (χ4n) is 1.88. The fraction of sp³-hybridized carbons (Fsp3) is 0.700. The van der Waals surface area contributed by atoms with E-state index in [0.29, 0.717) is 10.1 Å². The maximum atomic E-state index is 11.3. The minimum atomic E-state index is -1.05. The Hall–Kier alpha value is -2.98. The van der Waals surface area contributed by atoms with Gasteiger partial charge in [-0.1, -0.05) is 18.9 Å². The lowest BCUT2D eigenvalue weighted by Crippen LogP contribution is -2.36. The summed E-state index contributed by atoms with van der Waals surface area (Å²) in [5.74, 6) is -2.53. The van der Waals surface area contributed by atoms with E-state index in [9.17, 15) is 28.8 Å². The third-order valence-corrected chi connectivity index (χ3v) is 3.35. The summed E-state index contributed by atoms with van der Waals surface area (Å²) in [5, 5.41) is 1.02. The molecule has 2 saturated heterocycles. The molecule has 0 saturated carbocycles. The van der Waals surface area contributed by atoms with Gasteiger partial charge in [0, 0.05) is 25.7 Å². The average Bonchev–Trinajstić information content (AvgIpc) is 3.12. The highest BCUT2D eigenvalue weighted by molar-refractivity contribution is 6.02. The smallest absolute Gasteiger partial charge is 0.427 e. The Morgan fingerprint density at radius 3 is 1.29 bits per heavy atom. The first-order valence-electron chi connectivity index (χ1n) is 9.97. The van der Waals surface area contributed by atoms with Crippen LogP contribution in [0.4, 0.5) is 4.79 Å². The molecular weight excluding hydrogens is 412 g/mol. The Kier molecular flexibility index (Phi) is 10.3. The number of nitrogens with zero attached hydrogens (tertiary/aromatic N) is 2. The van der Waals surface area contributed by atoms with Gasteiger partial charge >= 0.3 is 12.1 Å². The molecule has 176 valence electrons. The van der Waals surface area contributed by atoms with Crippen LogP contribution in [0.15, 0.2) is 0 Å². The number of hydrogen-bond acceptors (Lipinski definition) is 9. The molecule has 4 amide bonds. The minimum absolute atomic E-state index is 0.0711. The molecule has 0 radical (unpaired) electrons. The van der Waals surface area contributed by atoms with Crippen LogP contribution in [0.2, 0.25) is 0 Å². The van der Waals surface area contributed by atoms with Crippen molar-refractivity contribution < 1.29 is 43.2 Å². The van der Waals surface area contributed by atoms with Crippen LogP contribution >= 0.6 is 0 Å². The molecule has 0 bridgehead atoms. The maximum absolute atomic E-state index is 11.3. The first kappa shape index (κ1) is 28.0. The lowest BCUT2D eigenvalue weighted by molar-refractivity contribution is -0.203. The normalized spacial score (nSPS) is 16.3. The van der Waals surface area contributed by atoms with Gasteiger partial charge in [0.2, 0.25) is 0 Å². The predicted octanol–water partition coefficient (Wildman–Crippen LogP) is 2.67. The van der Waals surface area contributed by atoms with E-state index < -0.39 is 46.8 Å². The Labute approximate surface area is 181 Å². The molecule has 0 aliphatic carbocycles. The highest BCUT2D eigenvalue weighted by Crippen LogP contribution is 2.19. The van der Waals surface area contributed by atoms with Gasteiger partial charge in [0.05, 0.1) is 5.41 Å². The van der Waals surface area contributed by atoms with Crippen LogP contribution in [-0.2, 0) is 38.4 Å². The molecule has 2 heterocycles. The van der Waals surface area contributed by atoms with Gasteiger partial charge in [-0.25, -0.2) is 9.59 Å². The summed E-state index contributed by atoms with van der Waals surface area (Å²) in [6.07, 6.45) is -0.665. The van der Waals surface area contributed by atoms with Gasteiger partial charge in [-0.3, -0.25) is 24.0 Å². The number of hydroxylamine groups is 4. The topological polar surface area (TPSA) is 137 Å². The van der Waals surface area contributed by atoms with Crippen LogP contribution in [-0.4, -0.2) is 51.5 Å². The van der Waals surface area contributed by atoms with Crippen molar-refractivity contribution >= 4 is 35.8 Å². The van der Waals surface area contributed by atoms with Crippen molar-refractivity contribution in [2.24, 2.45) is 5.41 Å². The number of rotatable bonds is 2. The van der Waals surface area contributed by atoms with Crippen LogP contribution in [0.3, 0.4) is 0 Å². The van der Waals surface area contributed by atoms with Crippen molar-refractivity contribution in [2.45, 2.75) is 86.7 Å². The van der Waals surface area contributed by atoms with E-state index >= 15 is 0 Å². The van der Waals surface area contributed by atoms with Gasteiger partial charge < -0.3 is 9.57 Å². The van der Waals surface area contributed by atoms with Gasteiger partial charge in [-0.15, -0.1) is 5.06 Å². The summed E-state index contributed by atoms with van der Waals surface area (Å²) in [6.45, 7) is 13.9. The summed E-state index contributed by atoms with van der Waals surface area (Å²) in [5.41, 5.74) is -1.44. The van der Waals surface area contributed by atoms with Crippen LogP contribution in [0.1, 0.15) is 81.1 Å². The Morgan fingerprint density at radius 1 is 0.677 bits per heavy atom. The summed E-state index contributed by atoms with van der Waals surface area (Å²) < 4.78 is 4.79. The first-order chi connectivity index (χ1) is 14.1. The monoisotopic (exact) mass is 444 g/mol. The second-order valence-electron chi connectivity index (χ2n) is 8.35. The Morgan fingerprint density at radius 2 is 1.00 bits per heavy atom. The number of carbonyl (C=O) groups excluding carboxylic acids is 6. The van der Waals surface area contributed by atoms with Crippen molar-refractivity contribution in [1.29, 1.82) is 0 Å². The van der Waals surface area contributed by atoms with Crippen molar-refractivity contribution in [3.8, 4) is 0 Å². The van der Waals surface area contributed by atoms with E-state index in [0.717, 1.165) is 0 Å². The molecule has 31 heavy (non-hydrogen) atoms. The van der Waals surface area contributed by atoms with Crippen LogP contribution in [0.25, 0.3) is 0 Å². The second-order valence-corrected chi connectivity index (χ2v) is 8.35. The van der Waals surface area contributed by atoms with E-state index in [1.165, 1.54) is 0 Å². The van der Waals surface area contributed by atoms with Crippen molar-refractivity contribution in [3.63, 3.8) is 0 Å². The largest absolute Gasteiger partial charge is 0.534 e. The molecule has 2 rings (SSSR count). The molecule has 0 N–H and O–H groups in total. The zero-order chi connectivity index (χ0) is 24.6. The third kappa shape index (κ3) is 9.58. The fourth-order valence-corrected chi connectivity index (χ4v) is 1.88. The van der Waals surface area contributed by atoms with Gasteiger partial charge in [0.1, 0.15) is 5.60 Å². The number of amides is 4. The van der Waals surface area contributed by atoms with E-state index in [2.05, 4.69) is 4.84 Å². The van der Waals surface area contributed by atoms with Crippen molar-refractivity contribution in [2.75, 3.05) is 0 Å². The number of hydrogen-bond donors (Lipinski definition) is 0. The molecule has 2 aliphatic rings. The maximum Gasteiger partial charge on any atom is 0.534 e. The molecule has 11 heteroatoms. The van der Waals surface area contributed by atoms with Gasteiger partial charge in [0.15, 0.2) is 0 Å². The second kappa shape index (κ2) is 11.4. The summed E-state index contributed by atoms with van der Waals surface area (Å²) in [6, 6.07) is 0. The van der Waals surface area contributed by atoms with E-state index in [1.54, 1.807) is 41.5 Å². The highest BCUT2D eigenvalue weighted by Gasteiger charge is 2.36. The zero-order valence-electron chi connectivity index (χ0n) is 19.4. The number of carbonyl (C=O) groups is 6. The highest BCUT2D eigenvalue weighted by atomic mass is 16.8. The molecular formula is C20H32N2O9. The number of ether oxygens (including phenoxy) is 1. The summed E-state index contributed by atoms with van der Waals surface area (Å²) >= 11 is 0. The molecule has 0 aromatic carbocycles. The predicted molar refractivity (Wildman–Crippen MR) is 106 cm³/mol. The zero-order valence-corrected chi connectivity index (χ0v) is 19.4. The summed E-state index contributed by atoms with van der Waals surface area (Å²) in [7, 11) is 0. The minimum Gasteiger partial charge on any atom is -0.427 e. The van der Waals surface area contributed by atoms with Crippen LogP contribution < -0.4 is 0 Å². The summed E-state index contributed by atoms with van der Waals surface area (Å²) in [4.78, 5) is 75.9. The SMILES string of the molecule is CC.CC(C)(C)C(=O)ON1C(=O)CCC1=O.CC(C)(C)OC(=O)ON1C(=O)CCC1=O. The van der Waals surface area contributed by atoms with E-state index in [-0.39, 0.29) is 25.7 Å². The van der Waals surface area contributed by atoms with E-state index in [4.69, 9.17) is 9.57 Å². The molecule has 11 nitrogen and oxygen atoms in total. The molecule has 2 fully saturated rings. The standard InChI is InChI=1S/C9H13NO5.C9H13NO4.C2H6/c1-9(2,3)14-8(13)15-10-6(11)4-5-7(10)12;1-9(2,3)8(13)14-10-6(11)4-5-7(10)12;1-2/h4-5H2,1-3H3;4-5H2,1-3H3;1-2H3.